The number of aliphatic hydroxyl groups excluding tert-OH is 1. The first kappa shape index (κ1) is 27.7. The fourth-order valence-corrected chi connectivity index (χ4v) is 6.11. The number of β-lactam (4-membered cyclic amide) rings is 1. The van der Waals surface area contributed by atoms with Crippen LogP contribution in [0, 0.1) is 0 Å². The largest absolute Gasteiger partial charge is 0.508 e. The van der Waals surface area contributed by atoms with Gasteiger partial charge in [-0.1, -0.05) is 48.0 Å². The average Bonchev–Trinajstić information content (AvgIpc) is 2.97. The summed E-state index contributed by atoms with van der Waals surface area (Å²) in [7, 11) is 0. The average molecular weight is 574 g/mol. The second-order valence-corrected chi connectivity index (χ2v) is 11.0. The number of benzene rings is 3. The van der Waals surface area contributed by atoms with Crippen LogP contribution in [0.15, 0.2) is 91.3 Å². The van der Waals surface area contributed by atoms with E-state index >= 15 is 0 Å². The quantitative estimate of drug-likeness (QED) is 0.219. The third-order valence-electron chi connectivity index (χ3n) is 6.79. The van der Waals surface area contributed by atoms with Gasteiger partial charge in [-0.05, 0) is 66.1 Å². The lowest BCUT2D eigenvalue weighted by Crippen LogP contribution is -2.57. The molecule has 3 atom stereocenters. The standard InChI is InChI=1S/C31H28ClN3O4S/c1-2-34-30(38)23-15-22(16-33-17-23)19-5-11-25(12-6-19)35-28(21-7-13-26(36)14-8-21)29(31(35)39)40-18-27(37)20-3-9-24(32)10-4-20/h3-17,27-29,36-37H,2,18H2,1H3,(H,34,38)/t27-,28+,29+/m0/s1. The number of phenolic OH excluding ortho intramolecular Hbond substituents is 1. The predicted molar refractivity (Wildman–Crippen MR) is 159 cm³/mol. The maximum atomic E-state index is 13.4. The Kier molecular flexibility index (Phi) is 8.40. The van der Waals surface area contributed by atoms with Crippen LogP contribution in [0.2, 0.25) is 5.02 Å². The Morgan fingerprint density at radius 2 is 1.73 bits per heavy atom. The van der Waals surface area contributed by atoms with Gasteiger partial charge in [0.1, 0.15) is 11.0 Å². The third kappa shape index (κ3) is 5.84. The minimum absolute atomic E-state index is 0.0565. The minimum Gasteiger partial charge on any atom is -0.508 e. The summed E-state index contributed by atoms with van der Waals surface area (Å²) in [5, 5.41) is 23.5. The molecule has 1 fully saturated rings. The highest BCUT2D eigenvalue weighted by molar-refractivity contribution is 8.00. The zero-order valence-corrected chi connectivity index (χ0v) is 23.3. The highest BCUT2D eigenvalue weighted by Gasteiger charge is 2.49. The summed E-state index contributed by atoms with van der Waals surface area (Å²) in [6.45, 7) is 2.39. The van der Waals surface area contributed by atoms with Gasteiger partial charge in [-0.15, -0.1) is 11.8 Å². The number of aromatic hydroxyl groups is 1. The fraction of sp³-hybridized carbons (Fsp3) is 0.194. The van der Waals surface area contributed by atoms with Gasteiger partial charge in [0.05, 0.1) is 17.7 Å². The van der Waals surface area contributed by atoms with E-state index in [-0.39, 0.29) is 23.6 Å². The number of rotatable bonds is 9. The molecule has 1 aliphatic heterocycles. The molecule has 0 saturated carbocycles. The van der Waals surface area contributed by atoms with Crippen molar-refractivity contribution in [1.82, 2.24) is 10.3 Å². The SMILES string of the molecule is CCNC(=O)c1cncc(-c2ccc(N3C(=O)[C@H](SC[C@H](O)c4ccc(Cl)cc4)[C@H]3c3ccc(O)cc3)cc2)c1. The number of nitrogens with one attached hydrogen (secondary N) is 1. The molecular weight excluding hydrogens is 546 g/mol. The molecule has 2 heterocycles. The van der Waals surface area contributed by atoms with Crippen LogP contribution in [0.3, 0.4) is 0 Å². The van der Waals surface area contributed by atoms with Crippen molar-refractivity contribution in [1.29, 1.82) is 0 Å². The molecule has 0 spiro atoms. The van der Waals surface area contributed by atoms with Crippen LogP contribution in [0.4, 0.5) is 5.69 Å². The van der Waals surface area contributed by atoms with E-state index in [9.17, 15) is 19.8 Å². The molecule has 1 aromatic heterocycles. The van der Waals surface area contributed by atoms with Gasteiger partial charge in [0.25, 0.3) is 5.91 Å². The number of aromatic nitrogens is 1. The normalized spacial score (nSPS) is 17.3. The molecule has 0 aliphatic carbocycles. The van der Waals surface area contributed by atoms with Crippen molar-refractivity contribution in [3.05, 3.63) is 113 Å². The molecule has 204 valence electrons. The summed E-state index contributed by atoms with van der Waals surface area (Å²) in [5.41, 5.74) is 4.50. The first-order valence-electron chi connectivity index (χ1n) is 12.9. The summed E-state index contributed by atoms with van der Waals surface area (Å²) in [6.07, 6.45) is 2.49. The van der Waals surface area contributed by atoms with E-state index in [0.29, 0.717) is 22.9 Å². The summed E-state index contributed by atoms with van der Waals surface area (Å²) in [6, 6.07) is 23.0. The maximum Gasteiger partial charge on any atom is 0.252 e. The number of halogens is 1. The Balaban J connectivity index is 1.36. The Bertz CT molecular complexity index is 1500. The van der Waals surface area contributed by atoms with Gasteiger partial charge in [-0.2, -0.15) is 0 Å². The van der Waals surface area contributed by atoms with Gasteiger partial charge in [0.2, 0.25) is 5.91 Å². The van der Waals surface area contributed by atoms with Crippen LogP contribution in [-0.2, 0) is 4.79 Å². The van der Waals surface area contributed by atoms with Crippen LogP contribution >= 0.6 is 23.4 Å². The number of amides is 2. The lowest BCUT2D eigenvalue weighted by atomic mass is 9.92. The molecular formula is C31H28ClN3O4S. The van der Waals surface area contributed by atoms with Gasteiger partial charge in [-0.3, -0.25) is 14.6 Å². The molecule has 0 unspecified atom stereocenters. The van der Waals surface area contributed by atoms with Gasteiger partial charge in [0, 0.05) is 41.0 Å². The number of nitrogens with zero attached hydrogens (tertiary/aromatic N) is 2. The molecule has 5 rings (SSSR count). The first-order valence-corrected chi connectivity index (χ1v) is 14.3. The highest BCUT2D eigenvalue weighted by atomic mass is 35.5. The van der Waals surface area contributed by atoms with E-state index < -0.39 is 11.4 Å². The monoisotopic (exact) mass is 573 g/mol. The molecule has 3 N–H and O–H groups in total. The summed E-state index contributed by atoms with van der Waals surface area (Å²) >= 11 is 7.38. The van der Waals surface area contributed by atoms with Crippen LogP contribution in [0.5, 0.6) is 5.75 Å². The Labute approximate surface area is 241 Å². The second-order valence-electron chi connectivity index (χ2n) is 9.43. The molecule has 0 bridgehead atoms. The van der Waals surface area contributed by atoms with Crippen molar-refractivity contribution in [3.8, 4) is 16.9 Å². The van der Waals surface area contributed by atoms with E-state index in [1.807, 2.05) is 43.3 Å². The first-order chi connectivity index (χ1) is 19.4. The van der Waals surface area contributed by atoms with E-state index in [0.717, 1.165) is 27.9 Å². The summed E-state index contributed by atoms with van der Waals surface area (Å²) in [4.78, 5) is 31.6. The Morgan fingerprint density at radius 3 is 2.40 bits per heavy atom. The van der Waals surface area contributed by atoms with Crippen molar-refractivity contribution >= 4 is 40.9 Å². The molecule has 40 heavy (non-hydrogen) atoms. The van der Waals surface area contributed by atoms with Crippen molar-refractivity contribution in [2.45, 2.75) is 24.3 Å². The number of pyridine rings is 1. The lowest BCUT2D eigenvalue weighted by Gasteiger charge is -2.47. The van der Waals surface area contributed by atoms with Crippen molar-refractivity contribution < 1.29 is 19.8 Å². The number of carbonyl (C=O) groups excluding carboxylic acids is 2. The Hall–Kier alpha value is -3.85. The van der Waals surface area contributed by atoms with Gasteiger partial charge in [-0.25, -0.2) is 0 Å². The third-order valence-corrected chi connectivity index (χ3v) is 8.36. The molecule has 4 aromatic rings. The predicted octanol–water partition coefficient (Wildman–Crippen LogP) is 5.78. The number of carbonyl (C=O) groups is 2. The molecule has 2 amide bonds. The zero-order valence-electron chi connectivity index (χ0n) is 21.7. The van der Waals surface area contributed by atoms with Crippen LogP contribution in [-0.4, -0.2) is 44.6 Å². The van der Waals surface area contributed by atoms with Crippen molar-refractivity contribution in [2.24, 2.45) is 0 Å². The molecule has 9 heteroatoms. The van der Waals surface area contributed by atoms with Crippen LogP contribution in [0.25, 0.3) is 11.1 Å². The Morgan fingerprint density at radius 1 is 1.02 bits per heavy atom. The highest BCUT2D eigenvalue weighted by Crippen LogP contribution is 2.46. The molecule has 0 radical (unpaired) electrons. The number of hydrogen-bond donors (Lipinski definition) is 3. The summed E-state index contributed by atoms with van der Waals surface area (Å²) in [5.74, 6) is 0.255. The minimum atomic E-state index is -0.743. The molecule has 1 aliphatic rings. The number of anilines is 1. The number of thioether (sulfide) groups is 1. The van der Waals surface area contributed by atoms with Gasteiger partial charge >= 0.3 is 0 Å². The second kappa shape index (κ2) is 12.1. The van der Waals surface area contributed by atoms with Crippen LogP contribution in [0.1, 0.15) is 40.6 Å². The topological polar surface area (TPSA) is 103 Å². The van der Waals surface area contributed by atoms with Gasteiger partial charge in [0.15, 0.2) is 0 Å². The molecule has 1 saturated heterocycles. The van der Waals surface area contributed by atoms with Crippen molar-refractivity contribution in [3.63, 3.8) is 0 Å². The number of phenols is 1. The number of aliphatic hydroxyl groups is 1. The van der Waals surface area contributed by atoms with E-state index in [4.69, 9.17) is 11.6 Å². The van der Waals surface area contributed by atoms with Gasteiger partial charge < -0.3 is 20.4 Å². The fourth-order valence-electron chi connectivity index (χ4n) is 4.68. The summed E-state index contributed by atoms with van der Waals surface area (Å²) < 4.78 is 0. The van der Waals surface area contributed by atoms with E-state index in [1.165, 1.54) is 18.0 Å². The molecule has 7 nitrogen and oxygen atoms in total. The van der Waals surface area contributed by atoms with E-state index in [2.05, 4.69) is 10.3 Å². The smallest absolute Gasteiger partial charge is 0.252 e. The van der Waals surface area contributed by atoms with E-state index in [1.54, 1.807) is 53.6 Å². The maximum absolute atomic E-state index is 13.4. The lowest BCUT2D eigenvalue weighted by molar-refractivity contribution is -0.123. The van der Waals surface area contributed by atoms with Crippen molar-refractivity contribution in [2.75, 3.05) is 17.2 Å². The zero-order chi connectivity index (χ0) is 28.2. The molecule has 3 aromatic carbocycles. The number of hydrogen-bond acceptors (Lipinski definition) is 6. The van der Waals surface area contributed by atoms with Crippen LogP contribution < -0.4 is 10.2 Å².